The Bertz CT molecular complexity index is 251. The molecule has 0 nitrogen and oxygen atoms in total. The third kappa shape index (κ3) is 5.07. The van der Waals surface area contributed by atoms with Crippen molar-refractivity contribution < 1.29 is 0 Å². The maximum Gasteiger partial charge on any atom is 0.0240 e. The summed E-state index contributed by atoms with van der Waals surface area (Å²) in [6, 6.07) is 0. The molecule has 0 heteroatoms. The Morgan fingerprint density at radius 2 is 2.27 bits per heavy atom. The first-order chi connectivity index (χ1) is 7.22. The quantitative estimate of drug-likeness (QED) is 0.459. The minimum atomic E-state index is 0.624. The molecule has 84 valence electrons. The molecule has 0 aliphatic heterocycles. The largest absolute Gasteiger partial charge is 0.103 e. The number of hydrogen-bond acceptors (Lipinski definition) is 0. The van der Waals surface area contributed by atoms with Crippen molar-refractivity contribution in [1.29, 1.82) is 0 Å². The summed E-state index contributed by atoms with van der Waals surface area (Å²) in [6.45, 7) is 6.86. The number of allylic oxidation sites excluding steroid dienone is 2. The second-order valence-electron chi connectivity index (χ2n) is 4.99. The van der Waals surface area contributed by atoms with Crippen LogP contribution in [-0.2, 0) is 0 Å². The van der Waals surface area contributed by atoms with E-state index in [-0.39, 0.29) is 0 Å². The molecular formula is C15H24. The van der Waals surface area contributed by atoms with Gasteiger partial charge in [0.15, 0.2) is 0 Å². The summed E-state index contributed by atoms with van der Waals surface area (Å²) >= 11 is 0. The monoisotopic (exact) mass is 204 g/mol. The minimum Gasteiger partial charge on any atom is -0.103 e. The van der Waals surface area contributed by atoms with E-state index in [0.717, 1.165) is 24.7 Å². The highest BCUT2D eigenvalue weighted by Gasteiger charge is 2.12. The van der Waals surface area contributed by atoms with Gasteiger partial charge < -0.3 is 0 Å². The van der Waals surface area contributed by atoms with Crippen LogP contribution in [0.2, 0.25) is 0 Å². The fourth-order valence-corrected chi connectivity index (χ4v) is 2.19. The molecule has 0 bridgehead atoms. The van der Waals surface area contributed by atoms with Crippen molar-refractivity contribution in [2.75, 3.05) is 0 Å². The van der Waals surface area contributed by atoms with Gasteiger partial charge in [0.25, 0.3) is 0 Å². The van der Waals surface area contributed by atoms with Gasteiger partial charge in [0.1, 0.15) is 0 Å². The Morgan fingerprint density at radius 3 is 2.93 bits per heavy atom. The summed E-state index contributed by atoms with van der Waals surface area (Å²) in [6.07, 6.45) is 10.9. The standard InChI is InChI=1S/C15H24/c1-4-7-13(2)8-5-10-15-11-6-9-14(3)12-15/h5,8,13-15H,4,7,9-10,12H2,1-3H3. The molecule has 3 unspecified atom stereocenters. The lowest BCUT2D eigenvalue weighted by atomic mass is 9.87. The molecule has 0 radical (unpaired) electrons. The van der Waals surface area contributed by atoms with Gasteiger partial charge in [0, 0.05) is 12.3 Å². The number of hydrogen-bond donors (Lipinski definition) is 0. The molecule has 0 saturated carbocycles. The second kappa shape index (κ2) is 6.72. The van der Waals surface area contributed by atoms with Gasteiger partial charge in [-0.05, 0) is 31.1 Å². The van der Waals surface area contributed by atoms with Crippen LogP contribution in [0.1, 0.15) is 52.9 Å². The molecule has 0 amide bonds. The molecule has 0 N–H and O–H groups in total. The molecule has 0 aromatic rings. The fraction of sp³-hybridized carbons (Fsp3) is 0.733. The van der Waals surface area contributed by atoms with Crippen LogP contribution in [0.25, 0.3) is 0 Å². The fourth-order valence-electron chi connectivity index (χ4n) is 2.19. The normalized spacial score (nSPS) is 27.4. The van der Waals surface area contributed by atoms with Crippen LogP contribution in [0.15, 0.2) is 12.2 Å². The van der Waals surface area contributed by atoms with Gasteiger partial charge in [-0.2, -0.15) is 0 Å². The van der Waals surface area contributed by atoms with E-state index in [0.29, 0.717) is 5.92 Å². The van der Waals surface area contributed by atoms with Crippen molar-refractivity contribution in [3.05, 3.63) is 12.2 Å². The highest BCUT2D eigenvalue weighted by atomic mass is 14.2. The zero-order valence-corrected chi connectivity index (χ0v) is 10.4. The van der Waals surface area contributed by atoms with Crippen LogP contribution in [0.3, 0.4) is 0 Å². The molecule has 0 aromatic carbocycles. The van der Waals surface area contributed by atoms with Crippen LogP contribution < -0.4 is 0 Å². The Labute approximate surface area is 95.2 Å². The molecule has 15 heavy (non-hydrogen) atoms. The average molecular weight is 204 g/mol. The van der Waals surface area contributed by atoms with Crippen LogP contribution in [-0.4, -0.2) is 0 Å². The van der Waals surface area contributed by atoms with Crippen molar-refractivity contribution in [1.82, 2.24) is 0 Å². The third-order valence-corrected chi connectivity index (χ3v) is 3.07. The summed E-state index contributed by atoms with van der Waals surface area (Å²) in [5, 5.41) is 0. The third-order valence-electron chi connectivity index (χ3n) is 3.07. The van der Waals surface area contributed by atoms with E-state index in [2.05, 4.69) is 44.8 Å². The SMILES string of the molecule is CCCC(C)C=CCC1C#CCC(C)C1. The molecular weight excluding hydrogens is 180 g/mol. The topological polar surface area (TPSA) is 0 Å². The Kier molecular flexibility index (Phi) is 5.54. The van der Waals surface area contributed by atoms with Gasteiger partial charge in [-0.1, -0.05) is 45.3 Å². The van der Waals surface area contributed by atoms with E-state index < -0.39 is 0 Å². The second-order valence-corrected chi connectivity index (χ2v) is 4.99. The average Bonchev–Trinajstić information content (AvgIpc) is 2.18. The van der Waals surface area contributed by atoms with E-state index in [1.807, 2.05) is 0 Å². The van der Waals surface area contributed by atoms with E-state index in [1.165, 1.54) is 19.3 Å². The maximum absolute atomic E-state index is 3.35. The molecule has 0 aromatic heterocycles. The smallest absolute Gasteiger partial charge is 0.0240 e. The van der Waals surface area contributed by atoms with Crippen molar-refractivity contribution >= 4 is 0 Å². The molecule has 3 atom stereocenters. The van der Waals surface area contributed by atoms with E-state index in [1.54, 1.807) is 0 Å². The van der Waals surface area contributed by atoms with Gasteiger partial charge in [0.05, 0.1) is 0 Å². The Hall–Kier alpha value is -0.700. The Balaban J connectivity index is 2.26. The zero-order chi connectivity index (χ0) is 11.1. The van der Waals surface area contributed by atoms with Gasteiger partial charge in [0.2, 0.25) is 0 Å². The van der Waals surface area contributed by atoms with E-state index in [4.69, 9.17) is 0 Å². The zero-order valence-electron chi connectivity index (χ0n) is 10.4. The summed E-state index contributed by atoms with van der Waals surface area (Å²) < 4.78 is 0. The highest BCUT2D eigenvalue weighted by molar-refractivity contribution is 5.10. The lowest BCUT2D eigenvalue weighted by molar-refractivity contribution is 0.451. The first-order valence-electron chi connectivity index (χ1n) is 6.37. The predicted octanol–water partition coefficient (Wildman–Crippen LogP) is 4.42. The van der Waals surface area contributed by atoms with Crippen LogP contribution in [0.5, 0.6) is 0 Å². The molecule has 1 aliphatic carbocycles. The summed E-state index contributed by atoms with van der Waals surface area (Å²) in [5.41, 5.74) is 0. The first kappa shape index (κ1) is 12.4. The molecule has 0 fully saturated rings. The maximum atomic E-state index is 3.35. The van der Waals surface area contributed by atoms with Crippen LogP contribution >= 0.6 is 0 Å². The molecule has 0 heterocycles. The van der Waals surface area contributed by atoms with Gasteiger partial charge >= 0.3 is 0 Å². The van der Waals surface area contributed by atoms with Crippen LogP contribution in [0, 0.1) is 29.6 Å². The molecule has 1 rings (SSSR count). The number of rotatable bonds is 5. The Morgan fingerprint density at radius 1 is 1.47 bits per heavy atom. The minimum absolute atomic E-state index is 0.624. The van der Waals surface area contributed by atoms with Crippen molar-refractivity contribution in [3.63, 3.8) is 0 Å². The first-order valence-corrected chi connectivity index (χ1v) is 6.37. The van der Waals surface area contributed by atoms with E-state index >= 15 is 0 Å². The molecule has 1 aliphatic rings. The van der Waals surface area contributed by atoms with Crippen molar-refractivity contribution in [2.45, 2.75) is 52.9 Å². The van der Waals surface area contributed by atoms with Gasteiger partial charge in [-0.3, -0.25) is 0 Å². The summed E-state index contributed by atoms with van der Waals surface area (Å²) in [4.78, 5) is 0. The predicted molar refractivity (Wildman–Crippen MR) is 67.5 cm³/mol. The molecule has 0 saturated heterocycles. The lowest BCUT2D eigenvalue weighted by Gasteiger charge is -2.17. The summed E-state index contributed by atoms with van der Waals surface area (Å²) in [5.74, 6) is 8.79. The highest BCUT2D eigenvalue weighted by Crippen LogP contribution is 2.22. The van der Waals surface area contributed by atoms with Gasteiger partial charge in [-0.25, -0.2) is 0 Å². The van der Waals surface area contributed by atoms with Crippen LogP contribution in [0.4, 0.5) is 0 Å². The van der Waals surface area contributed by atoms with Crippen molar-refractivity contribution in [3.8, 4) is 11.8 Å². The molecule has 0 spiro atoms. The van der Waals surface area contributed by atoms with Crippen molar-refractivity contribution in [2.24, 2.45) is 17.8 Å². The van der Waals surface area contributed by atoms with Gasteiger partial charge in [-0.15, -0.1) is 5.92 Å². The van der Waals surface area contributed by atoms with E-state index in [9.17, 15) is 0 Å². The lowest BCUT2D eigenvalue weighted by Crippen LogP contribution is -2.07. The summed E-state index contributed by atoms with van der Waals surface area (Å²) in [7, 11) is 0.